The third-order valence-electron chi connectivity index (χ3n) is 2.49. The maximum atomic E-state index is 11.8. The zero-order valence-corrected chi connectivity index (χ0v) is 12.5. The molecule has 0 spiro atoms. The van der Waals surface area contributed by atoms with Crippen LogP contribution in [-0.2, 0) is 0 Å². The third kappa shape index (κ3) is 3.59. The second kappa shape index (κ2) is 6.54. The SMILES string of the molecule is O=C(NNC(=O)c1ccccc1Cl)c1cccc(Br)c1. The molecule has 2 rings (SSSR count). The van der Waals surface area contributed by atoms with Crippen LogP contribution in [-0.4, -0.2) is 11.8 Å². The lowest BCUT2D eigenvalue weighted by atomic mass is 10.2. The van der Waals surface area contributed by atoms with Crippen LogP contribution in [0.25, 0.3) is 0 Å². The molecular formula is C14H10BrClN2O2. The molecule has 2 aromatic carbocycles. The van der Waals surface area contributed by atoms with Crippen LogP contribution in [0.15, 0.2) is 53.0 Å². The molecule has 4 nitrogen and oxygen atoms in total. The van der Waals surface area contributed by atoms with Gasteiger partial charge in [-0.05, 0) is 30.3 Å². The molecular weight excluding hydrogens is 344 g/mol. The second-order valence-corrected chi connectivity index (χ2v) is 5.22. The summed E-state index contributed by atoms with van der Waals surface area (Å²) >= 11 is 9.16. The van der Waals surface area contributed by atoms with E-state index in [9.17, 15) is 9.59 Å². The van der Waals surface area contributed by atoms with Gasteiger partial charge in [0.05, 0.1) is 10.6 Å². The summed E-state index contributed by atoms with van der Waals surface area (Å²) in [6, 6.07) is 13.4. The molecule has 0 aliphatic heterocycles. The highest BCUT2D eigenvalue weighted by Gasteiger charge is 2.11. The van der Waals surface area contributed by atoms with E-state index in [1.54, 1.807) is 48.5 Å². The highest BCUT2D eigenvalue weighted by atomic mass is 79.9. The van der Waals surface area contributed by atoms with Gasteiger partial charge in [-0.2, -0.15) is 0 Å². The molecule has 0 fully saturated rings. The fourth-order valence-corrected chi connectivity index (χ4v) is 2.15. The number of amides is 2. The molecule has 0 aromatic heterocycles. The van der Waals surface area contributed by atoms with Crippen LogP contribution in [0.3, 0.4) is 0 Å². The van der Waals surface area contributed by atoms with Gasteiger partial charge in [0, 0.05) is 10.0 Å². The van der Waals surface area contributed by atoms with E-state index in [-0.39, 0.29) is 0 Å². The molecule has 0 heterocycles. The summed E-state index contributed by atoms with van der Waals surface area (Å²) in [4.78, 5) is 23.7. The quantitative estimate of drug-likeness (QED) is 0.815. The summed E-state index contributed by atoms with van der Waals surface area (Å²) < 4.78 is 0.780. The van der Waals surface area contributed by atoms with Crippen molar-refractivity contribution in [2.45, 2.75) is 0 Å². The van der Waals surface area contributed by atoms with Gasteiger partial charge in [0.15, 0.2) is 0 Å². The Balaban J connectivity index is 2.01. The minimum absolute atomic E-state index is 0.295. The summed E-state index contributed by atoms with van der Waals surface area (Å²) in [5.74, 6) is -0.884. The molecule has 0 aliphatic carbocycles. The van der Waals surface area contributed by atoms with Gasteiger partial charge in [-0.1, -0.05) is 45.7 Å². The van der Waals surface area contributed by atoms with Crippen molar-refractivity contribution in [2.75, 3.05) is 0 Å². The average molecular weight is 354 g/mol. The molecule has 6 heteroatoms. The molecule has 2 aromatic rings. The topological polar surface area (TPSA) is 58.2 Å². The fourth-order valence-electron chi connectivity index (χ4n) is 1.53. The number of carbonyl (C=O) groups is 2. The highest BCUT2D eigenvalue weighted by molar-refractivity contribution is 9.10. The first kappa shape index (κ1) is 14.6. The first-order valence-electron chi connectivity index (χ1n) is 5.68. The van der Waals surface area contributed by atoms with Gasteiger partial charge in [-0.15, -0.1) is 0 Å². The monoisotopic (exact) mass is 352 g/mol. The summed E-state index contributed by atoms with van der Waals surface area (Å²) in [5, 5.41) is 0.321. The Morgan fingerprint density at radius 3 is 2.35 bits per heavy atom. The minimum Gasteiger partial charge on any atom is -0.267 e. The second-order valence-electron chi connectivity index (χ2n) is 3.90. The van der Waals surface area contributed by atoms with Crippen molar-refractivity contribution in [3.05, 3.63) is 69.2 Å². The predicted molar refractivity (Wildman–Crippen MR) is 80.5 cm³/mol. The Morgan fingerprint density at radius 2 is 1.65 bits per heavy atom. The number of nitrogens with one attached hydrogen (secondary N) is 2. The molecule has 0 radical (unpaired) electrons. The van der Waals surface area contributed by atoms with Gasteiger partial charge in [-0.25, -0.2) is 0 Å². The smallest absolute Gasteiger partial charge is 0.267 e. The molecule has 102 valence electrons. The first-order valence-corrected chi connectivity index (χ1v) is 6.86. The summed E-state index contributed by atoms with van der Waals surface area (Å²) in [7, 11) is 0. The standard InChI is InChI=1S/C14H10BrClN2O2/c15-10-5-3-4-9(8-10)13(19)17-18-14(20)11-6-1-2-7-12(11)16/h1-8H,(H,17,19)(H,18,20). The van der Waals surface area contributed by atoms with Gasteiger partial charge in [0.1, 0.15) is 0 Å². The van der Waals surface area contributed by atoms with Crippen LogP contribution in [0.4, 0.5) is 0 Å². The van der Waals surface area contributed by atoms with E-state index < -0.39 is 11.8 Å². The van der Waals surface area contributed by atoms with Crippen LogP contribution in [0.2, 0.25) is 5.02 Å². The van der Waals surface area contributed by atoms with Crippen molar-refractivity contribution in [1.82, 2.24) is 10.9 Å². The first-order chi connectivity index (χ1) is 9.58. The molecule has 0 bridgehead atoms. The zero-order chi connectivity index (χ0) is 14.5. The average Bonchev–Trinajstić information content (AvgIpc) is 2.45. The number of hydrazine groups is 1. The van der Waals surface area contributed by atoms with Gasteiger partial charge in [0.2, 0.25) is 0 Å². The van der Waals surface area contributed by atoms with E-state index in [1.807, 2.05) is 0 Å². The van der Waals surface area contributed by atoms with Crippen molar-refractivity contribution in [2.24, 2.45) is 0 Å². The Bertz CT molecular complexity index is 661. The molecule has 0 atom stereocenters. The maximum absolute atomic E-state index is 11.8. The summed E-state index contributed by atoms with van der Waals surface area (Å²) in [6.45, 7) is 0. The van der Waals surface area contributed by atoms with Crippen LogP contribution >= 0.6 is 27.5 Å². The number of carbonyl (C=O) groups excluding carboxylic acids is 2. The lowest BCUT2D eigenvalue weighted by Crippen LogP contribution is -2.41. The molecule has 2 amide bonds. The third-order valence-corrected chi connectivity index (χ3v) is 3.32. The highest BCUT2D eigenvalue weighted by Crippen LogP contribution is 2.14. The van der Waals surface area contributed by atoms with Gasteiger partial charge < -0.3 is 0 Å². The lowest BCUT2D eigenvalue weighted by molar-refractivity contribution is 0.0846. The van der Waals surface area contributed by atoms with E-state index in [4.69, 9.17) is 11.6 Å². The van der Waals surface area contributed by atoms with E-state index in [1.165, 1.54) is 0 Å². The Labute approximate surface area is 129 Å². The normalized spacial score (nSPS) is 9.90. The summed E-state index contributed by atoms with van der Waals surface area (Å²) in [5.41, 5.74) is 5.38. The van der Waals surface area contributed by atoms with Crippen LogP contribution in [0.1, 0.15) is 20.7 Å². The number of halogens is 2. The molecule has 0 unspecified atom stereocenters. The Kier molecular flexibility index (Phi) is 4.76. The number of hydrogen-bond donors (Lipinski definition) is 2. The van der Waals surface area contributed by atoms with Crippen LogP contribution in [0.5, 0.6) is 0 Å². The number of rotatable bonds is 2. The molecule has 0 saturated heterocycles. The zero-order valence-electron chi connectivity index (χ0n) is 10.2. The van der Waals surface area contributed by atoms with Crippen molar-refractivity contribution >= 4 is 39.3 Å². The van der Waals surface area contributed by atoms with E-state index in [2.05, 4.69) is 26.8 Å². The summed E-state index contributed by atoms with van der Waals surface area (Å²) in [6.07, 6.45) is 0. The molecule has 0 saturated carbocycles. The van der Waals surface area contributed by atoms with Crippen LogP contribution < -0.4 is 10.9 Å². The van der Waals surface area contributed by atoms with Gasteiger partial charge >= 0.3 is 0 Å². The Hall–Kier alpha value is -1.85. The van der Waals surface area contributed by atoms with Crippen molar-refractivity contribution < 1.29 is 9.59 Å². The lowest BCUT2D eigenvalue weighted by Gasteiger charge is -2.08. The largest absolute Gasteiger partial charge is 0.271 e. The number of benzene rings is 2. The Morgan fingerprint density at radius 1 is 0.950 bits per heavy atom. The van der Waals surface area contributed by atoms with E-state index in [0.717, 1.165) is 4.47 Å². The van der Waals surface area contributed by atoms with Crippen molar-refractivity contribution in [1.29, 1.82) is 0 Å². The predicted octanol–water partition coefficient (Wildman–Crippen LogP) is 3.18. The van der Waals surface area contributed by atoms with Gasteiger partial charge in [-0.3, -0.25) is 20.4 Å². The molecule has 20 heavy (non-hydrogen) atoms. The van der Waals surface area contributed by atoms with Crippen LogP contribution in [0, 0.1) is 0 Å². The van der Waals surface area contributed by atoms with E-state index in [0.29, 0.717) is 16.1 Å². The van der Waals surface area contributed by atoms with Crippen molar-refractivity contribution in [3.63, 3.8) is 0 Å². The van der Waals surface area contributed by atoms with Crippen molar-refractivity contribution in [3.8, 4) is 0 Å². The molecule has 2 N–H and O–H groups in total. The molecule has 0 aliphatic rings. The number of hydrogen-bond acceptors (Lipinski definition) is 2. The fraction of sp³-hybridized carbons (Fsp3) is 0. The van der Waals surface area contributed by atoms with E-state index >= 15 is 0 Å². The minimum atomic E-state index is -0.473. The van der Waals surface area contributed by atoms with Gasteiger partial charge in [0.25, 0.3) is 11.8 Å². The maximum Gasteiger partial charge on any atom is 0.271 e.